The number of phenols is 1. The number of carbonyl (C=O) groups is 1. The molecular weight excluding hydrogens is 278 g/mol. The molecule has 0 aliphatic rings. The molecule has 0 saturated heterocycles. The van der Waals surface area contributed by atoms with E-state index in [-0.39, 0.29) is 16.6 Å². The van der Waals surface area contributed by atoms with Crippen LogP contribution in [0.1, 0.15) is 71.2 Å². The van der Waals surface area contributed by atoms with Gasteiger partial charge in [-0.15, -0.1) is 0 Å². The highest BCUT2D eigenvalue weighted by atomic mass is 16.5. The molecular formula is C18H29NO3. The minimum atomic E-state index is -0.845. The summed E-state index contributed by atoms with van der Waals surface area (Å²) in [6.45, 7) is 14.2. The van der Waals surface area contributed by atoms with Gasteiger partial charge in [0, 0.05) is 0 Å². The van der Waals surface area contributed by atoms with E-state index in [4.69, 9.17) is 10.5 Å². The third kappa shape index (κ3) is 4.01. The summed E-state index contributed by atoms with van der Waals surface area (Å²) in [5.41, 5.74) is 7.78. The van der Waals surface area contributed by atoms with E-state index in [1.54, 1.807) is 6.92 Å². The van der Waals surface area contributed by atoms with Gasteiger partial charge < -0.3 is 15.6 Å². The second-order valence-corrected chi connectivity index (χ2v) is 7.69. The lowest BCUT2D eigenvalue weighted by Gasteiger charge is -2.29. The molecule has 124 valence electrons. The summed E-state index contributed by atoms with van der Waals surface area (Å²) in [6.07, 6.45) is 0. The summed E-state index contributed by atoms with van der Waals surface area (Å²) in [5.74, 6) is -0.173. The molecule has 0 amide bonds. The van der Waals surface area contributed by atoms with Gasteiger partial charge in [-0.25, -0.2) is 4.79 Å². The Labute approximate surface area is 133 Å². The maximum absolute atomic E-state index is 11.9. The van der Waals surface area contributed by atoms with Crippen LogP contribution in [0.2, 0.25) is 0 Å². The number of hydrogen-bond acceptors (Lipinski definition) is 4. The predicted octanol–water partition coefficient (Wildman–Crippen LogP) is 3.55. The normalized spacial score (nSPS) is 13.8. The van der Waals surface area contributed by atoms with Crippen molar-refractivity contribution in [3.05, 3.63) is 28.8 Å². The van der Waals surface area contributed by atoms with Crippen molar-refractivity contribution in [1.29, 1.82) is 0 Å². The number of aromatic hydroxyl groups is 1. The first-order valence-electron chi connectivity index (χ1n) is 7.69. The van der Waals surface area contributed by atoms with Gasteiger partial charge in [-0.05, 0) is 46.6 Å². The lowest BCUT2D eigenvalue weighted by molar-refractivity contribution is -0.144. The molecule has 3 N–H and O–H groups in total. The molecule has 22 heavy (non-hydrogen) atoms. The summed E-state index contributed by atoms with van der Waals surface area (Å²) in [4.78, 5) is 11.9. The van der Waals surface area contributed by atoms with Crippen LogP contribution in [-0.4, -0.2) is 17.7 Å². The summed E-state index contributed by atoms with van der Waals surface area (Å²) < 4.78 is 5.01. The van der Waals surface area contributed by atoms with Gasteiger partial charge in [0.1, 0.15) is 11.8 Å². The highest BCUT2D eigenvalue weighted by Gasteiger charge is 2.29. The lowest BCUT2D eigenvalue weighted by Crippen LogP contribution is -2.26. The number of ether oxygens (including phenoxy) is 1. The Hall–Kier alpha value is -1.55. The molecule has 0 aliphatic carbocycles. The topological polar surface area (TPSA) is 72.5 Å². The Morgan fingerprint density at radius 1 is 1.14 bits per heavy atom. The van der Waals surface area contributed by atoms with Crippen molar-refractivity contribution < 1.29 is 14.6 Å². The number of rotatable bonds is 3. The van der Waals surface area contributed by atoms with E-state index in [1.165, 1.54) is 0 Å². The van der Waals surface area contributed by atoms with Crippen LogP contribution in [0.25, 0.3) is 0 Å². The second kappa shape index (κ2) is 6.29. The third-order valence-electron chi connectivity index (χ3n) is 3.65. The van der Waals surface area contributed by atoms with Gasteiger partial charge in [-0.2, -0.15) is 0 Å². The highest BCUT2D eigenvalue weighted by molar-refractivity contribution is 5.78. The molecule has 0 heterocycles. The molecule has 4 heteroatoms. The van der Waals surface area contributed by atoms with Gasteiger partial charge in [0.05, 0.1) is 6.61 Å². The van der Waals surface area contributed by atoms with E-state index in [1.807, 2.05) is 53.7 Å². The zero-order chi connectivity index (χ0) is 17.3. The molecule has 0 saturated carbocycles. The molecule has 4 nitrogen and oxygen atoms in total. The van der Waals surface area contributed by atoms with Gasteiger partial charge in [0.15, 0.2) is 0 Å². The van der Waals surface area contributed by atoms with Gasteiger partial charge >= 0.3 is 5.97 Å². The molecule has 0 radical (unpaired) electrons. The first kappa shape index (κ1) is 18.5. The first-order chi connectivity index (χ1) is 9.89. The molecule has 1 aromatic carbocycles. The van der Waals surface area contributed by atoms with E-state index in [9.17, 15) is 9.90 Å². The minimum Gasteiger partial charge on any atom is -0.507 e. The van der Waals surface area contributed by atoms with Crippen LogP contribution in [0.15, 0.2) is 12.1 Å². The Balaban J connectivity index is 3.51. The number of nitrogens with two attached hydrogens (primary N) is 1. The van der Waals surface area contributed by atoms with Gasteiger partial charge in [-0.1, -0.05) is 41.5 Å². The van der Waals surface area contributed by atoms with E-state index >= 15 is 0 Å². The Morgan fingerprint density at radius 2 is 1.55 bits per heavy atom. The van der Waals surface area contributed by atoms with E-state index in [0.29, 0.717) is 12.2 Å². The van der Waals surface area contributed by atoms with Crippen molar-refractivity contribution in [2.45, 2.75) is 65.3 Å². The van der Waals surface area contributed by atoms with Crippen molar-refractivity contribution in [3.63, 3.8) is 0 Å². The SMILES string of the molecule is CCOC(=O)C(N)c1cc(C(C)(C)C)c(O)c(C(C)(C)C)c1. The second-order valence-electron chi connectivity index (χ2n) is 7.69. The molecule has 0 aromatic heterocycles. The van der Waals surface area contributed by atoms with Crippen LogP contribution in [0.3, 0.4) is 0 Å². The van der Waals surface area contributed by atoms with Crippen LogP contribution in [0.5, 0.6) is 5.75 Å². The molecule has 1 rings (SSSR count). The van der Waals surface area contributed by atoms with Crippen LogP contribution in [0, 0.1) is 0 Å². The fraction of sp³-hybridized carbons (Fsp3) is 0.611. The fourth-order valence-electron chi connectivity index (χ4n) is 2.35. The van der Waals surface area contributed by atoms with Crippen molar-refractivity contribution in [3.8, 4) is 5.75 Å². The standard InChI is InChI=1S/C18H29NO3/c1-8-22-16(21)14(19)11-9-12(17(2,3)4)15(20)13(10-11)18(5,6)7/h9-10,14,20H,8,19H2,1-7H3. The van der Waals surface area contributed by atoms with Crippen LogP contribution < -0.4 is 5.73 Å². The Morgan fingerprint density at radius 3 is 1.86 bits per heavy atom. The molecule has 0 bridgehead atoms. The summed E-state index contributed by atoms with van der Waals surface area (Å²) in [6, 6.07) is 2.78. The number of phenolic OH excluding ortho intramolecular Hbond substituents is 1. The highest BCUT2D eigenvalue weighted by Crippen LogP contribution is 2.40. The van der Waals surface area contributed by atoms with Crippen molar-refractivity contribution in [2.24, 2.45) is 5.73 Å². The van der Waals surface area contributed by atoms with Gasteiger partial charge in [-0.3, -0.25) is 0 Å². The zero-order valence-corrected chi connectivity index (χ0v) is 14.8. The molecule has 0 fully saturated rings. The Bertz CT molecular complexity index is 515. The summed E-state index contributed by atoms with van der Waals surface area (Å²) >= 11 is 0. The van der Waals surface area contributed by atoms with E-state index in [2.05, 4.69) is 0 Å². The summed E-state index contributed by atoms with van der Waals surface area (Å²) in [5, 5.41) is 10.7. The van der Waals surface area contributed by atoms with Crippen LogP contribution in [-0.2, 0) is 20.4 Å². The smallest absolute Gasteiger partial charge is 0.327 e. The monoisotopic (exact) mass is 307 g/mol. The molecule has 0 aliphatic heterocycles. The van der Waals surface area contributed by atoms with Crippen molar-refractivity contribution in [1.82, 2.24) is 0 Å². The quantitative estimate of drug-likeness (QED) is 0.838. The average molecular weight is 307 g/mol. The van der Waals surface area contributed by atoms with Crippen molar-refractivity contribution >= 4 is 5.97 Å². The molecule has 0 spiro atoms. The van der Waals surface area contributed by atoms with E-state index < -0.39 is 12.0 Å². The largest absolute Gasteiger partial charge is 0.507 e. The number of benzene rings is 1. The summed E-state index contributed by atoms with van der Waals surface area (Å²) in [7, 11) is 0. The predicted molar refractivity (Wildman–Crippen MR) is 89.1 cm³/mol. The van der Waals surface area contributed by atoms with Crippen LogP contribution in [0.4, 0.5) is 0 Å². The average Bonchev–Trinajstić information content (AvgIpc) is 2.35. The number of carbonyl (C=O) groups excluding carboxylic acids is 1. The van der Waals surface area contributed by atoms with Crippen molar-refractivity contribution in [2.75, 3.05) is 6.61 Å². The van der Waals surface area contributed by atoms with Crippen LogP contribution >= 0.6 is 0 Å². The zero-order valence-electron chi connectivity index (χ0n) is 14.8. The maximum Gasteiger partial charge on any atom is 0.327 e. The van der Waals surface area contributed by atoms with Gasteiger partial charge in [0.25, 0.3) is 0 Å². The lowest BCUT2D eigenvalue weighted by atomic mass is 9.78. The van der Waals surface area contributed by atoms with E-state index in [0.717, 1.165) is 11.1 Å². The molecule has 1 aromatic rings. The Kier molecular flexibility index (Phi) is 5.29. The first-order valence-corrected chi connectivity index (χ1v) is 7.69. The maximum atomic E-state index is 11.9. The molecule has 1 atom stereocenters. The number of esters is 1. The van der Waals surface area contributed by atoms with Gasteiger partial charge in [0.2, 0.25) is 0 Å². The molecule has 1 unspecified atom stereocenters. The minimum absolute atomic E-state index is 0.255. The third-order valence-corrected chi connectivity index (χ3v) is 3.65. The number of hydrogen-bond donors (Lipinski definition) is 2. The fourth-order valence-corrected chi connectivity index (χ4v) is 2.35.